The first-order valence-corrected chi connectivity index (χ1v) is 9.99. The zero-order valence-electron chi connectivity index (χ0n) is 16.2. The van der Waals surface area contributed by atoms with Crippen molar-refractivity contribution in [2.75, 3.05) is 26.1 Å². The van der Waals surface area contributed by atoms with Gasteiger partial charge in [0.1, 0.15) is 4.32 Å². The molecule has 2 amide bonds. The topological polar surface area (TPSA) is 67.9 Å². The van der Waals surface area contributed by atoms with E-state index in [0.29, 0.717) is 26.4 Å². The molecule has 1 heterocycles. The van der Waals surface area contributed by atoms with Crippen LogP contribution in [0.4, 0.5) is 5.69 Å². The van der Waals surface area contributed by atoms with Crippen molar-refractivity contribution >= 4 is 51.9 Å². The van der Waals surface area contributed by atoms with E-state index in [1.807, 2.05) is 31.2 Å². The molecule has 6 nitrogen and oxygen atoms in total. The summed E-state index contributed by atoms with van der Waals surface area (Å²) >= 11 is 6.39. The molecule has 150 valence electrons. The van der Waals surface area contributed by atoms with E-state index in [4.69, 9.17) is 21.7 Å². The molecular weight excluding hydrogens is 408 g/mol. The third-order valence-corrected chi connectivity index (χ3v) is 5.65. The molecule has 2 aromatic carbocycles. The Morgan fingerprint density at radius 3 is 2.55 bits per heavy atom. The van der Waals surface area contributed by atoms with Crippen LogP contribution in [-0.4, -0.2) is 41.8 Å². The molecule has 0 atom stereocenters. The molecule has 1 N–H and O–H groups in total. The second kappa shape index (κ2) is 9.11. The van der Waals surface area contributed by atoms with Gasteiger partial charge in [0.05, 0.1) is 12.0 Å². The molecule has 8 heteroatoms. The maximum absolute atomic E-state index is 12.1. The van der Waals surface area contributed by atoms with Crippen molar-refractivity contribution < 1.29 is 19.1 Å². The third-order valence-electron chi connectivity index (χ3n) is 4.17. The summed E-state index contributed by atoms with van der Waals surface area (Å²) in [6, 6.07) is 12.8. The number of nitrogens with one attached hydrogen (secondary N) is 1. The van der Waals surface area contributed by atoms with Crippen molar-refractivity contribution in [2.24, 2.45) is 0 Å². The molecule has 0 spiro atoms. The maximum atomic E-state index is 12.1. The Morgan fingerprint density at radius 1 is 1.21 bits per heavy atom. The highest BCUT2D eigenvalue weighted by atomic mass is 32.2. The van der Waals surface area contributed by atoms with Gasteiger partial charge in [-0.15, -0.1) is 0 Å². The lowest BCUT2D eigenvalue weighted by atomic mass is 10.2. The molecule has 1 aliphatic heterocycles. The molecule has 0 saturated carbocycles. The summed E-state index contributed by atoms with van der Waals surface area (Å²) in [5.41, 5.74) is 2.59. The van der Waals surface area contributed by atoms with E-state index >= 15 is 0 Å². The van der Waals surface area contributed by atoms with Gasteiger partial charge >= 0.3 is 0 Å². The SMILES string of the molecule is COc1cc(/C=C2\SC(=S)N(C)C2=O)ccc1OCC(=O)Nc1ccc(C)cc1. The van der Waals surface area contributed by atoms with Gasteiger partial charge in [0.15, 0.2) is 18.1 Å². The number of thioether (sulfide) groups is 1. The number of likely N-dealkylation sites (N-methyl/N-ethyl adjacent to an activating group) is 1. The van der Waals surface area contributed by atoms with Crippen molar-refractivity contribution in [1.29, 1.82) is 0 Å². The number of ether oxygens (including phenoxy) is 2. The lowest BCUT2D eigenvalue weighted by Crippen LogP contribution is -2.22. The predicted molar refractivity (Wildman–Crippen MR) is 119 cm³/mol. The fourth-order valence-corrected chi connectivity index (χ4v) is 3.75. The Morgan fingerprint density at radius 2 is 1.93 bits per heavy atom. The van der Waals surface area contributed by atoms with Crippen LogP contribution in [0.25, 0.3) is 6.08 Å². The van der Waals surface area contributed by atoms with Gasteiger partial charge in [-0.05, 0) is 42.8 Å². The van der Waals surface area contributed by atoms with Crippen molar-refractivity contribution in [3.05, 3.63) is 58.5 Å². The molecule has 29 heavy (non-hydrogen) atoms. The number of aryl methyl sites for hydroxylation is 1. The third kappa shape index (κ3) is 5.16. The fraction of sp³-hybridized carbons (Fsp3) is 0.190. The highest BCUT2D eigenvalue weighted by Gasteiger charge is 2.28. The number of hydrogen-bond donors (Lipinski definition) is 1. The summed E-state index contributed by atoms with van der Waals surface area (Å²) < 4.78 is 11.5. The standard InChI is InChI=1S/C21H20N2O4S2/c1-13-4-7-15(8-5-13)22-19(24)12-27-16-9-6-14(10-17(16)26-3)11-18-20(25)23(2)21(28)29-18/h4-11H,12H2,1-3H3,(H,22,24)/b18-11-. The Labute approximate surface area is 178 Å². The largest absolute Gasteiger partial charge is 0.493 e. The minimum absolute atomic E-state index is 0.132. The molecule has 2 aromatic rings. The van der Waals surface area contributed by atoms with E-state index in [1.165, 1.54) is 23.8 Å². The van der Waals surface area contributed by atoms with E-state index in [1.54, 1.807) is 31.3 Å². The van der Waals surface area contributed by atoms with Gasteiger partial charge in [-0.1, -0.05) is 47.7 Å². The average molecular weight is 429 g/mol. The average Bonchev–Trinajstić information content (AvgIpc) is 2.95. The Hall–Kier alpha value is -2.84. The minimum Gasteiger partial charge on any atom is -0.493 e. The van der Waals surface area contributed by atoms with Crippen molar-refractivity contribution in [3.63, 3.8) is 0 Å². The van der Waals surface area contributed by atoms with Crippen LogP contribution in [0, 0.1) is 6.92 Å². The maximum Gasteiger partial charge on any atom is 0.265 e. The first-order valence-electron chi connectivity index (χ1n) is 8.76. The van der Waals surface area contributed by atoms with Gasteiger partial charge in [-0.25, -0.2) is 0 Å². The van der Waals surface area contributed by atoms with Gasteiger partial charge in [-0.3, -0.25) is 14.5 Å². The number of carbonyl (C=O) groups is 2. The Bertz CT molecular complexity index is 987. The van der Waals surface area contributed by atoms with Crippen LogP contribution in [0.5, 0.6) is 11.5 Å². The molecule has 0 aromatic heterocycles. The summed E-state index contributed by atoms with van der Waals surface area (Å²) in [7, 11) is 3.17. The van der Waals surface area contributed by atoms with Gasteiger partial charge in [0.2, 0.25) is 0 Å². The quantitative estimate of drug-likeness (QED) is 0.557. The number of anilines is 1. The second-order valence-electron chi connectivity index (χ2n) is 6.35. The fourth-order valence-electron chi connectivity index (χ4n) is 2.57. The van der Waals surface area contributed by atoms with Gasteiger partial charge in [0.25, 0.3) is 11.8 Å². The van der Waals surface area contributed by atoms with Crippen LogP contribution in [-0.2, 0) is 9.59 Å². The zero-order valence-corrected chi connectivity index (χ0v) is 17.9. The normalized spacial score (nSPS) is 15.0. The summed E-state index contributed by atoms with van der Waals surface area (Å²) in [5, 5.41) is 2.78. The van der Waals surface area contributed by atoms with Crippen molar-refractivity contribution in [3.8, 4) is 11.5 Å². The van der Waals surface area contributed by atoms with Gasteiger partial charge in [-0.2, -0.15) is 0 Å². The molecule has 0 aliphatic carbocycles. The Balaban J connectivity index is 1.66. The summed E-state index contributed by atoms with van der Waals surface area (Å²) in [6.45, 7) is 1.83. The number of carbonyl (C=O) groups excluding carboxylic acids is 2. The van der Waals surface area contributed by atoms with E-state index in [2.05, 4.69) is 5.32 Å². The van der Waals surface area contributed by atoms with Crippen LogP contribution in [0.3, 0.4) is 0 Å². The van der Waals surface area contributed by atoms with Crippen LogP contribution in [0.15, 0.2) is 47.4 Å². The Kier molecular flexibility index (Phi) is 6.56. The van der Waals surface area contributed by atoms with Gasteiger partial charge < -0.3 is 14.8 Å². The molecule has 1 aliphatic rings. The van der Waals surface area contributed by atoms with Crippen LogP contribution >= 0.6 is 24.0 Å². The van der Waals surface area contributed by atoms with E-state index in [-0.39, 0.29) is 18.4 Å². The number of rotatable bonds is 6. The molecule has 1 saturated heterocycles. The molecule has 0 bridgehead atoms. The van der Waals surface area contributed by atoms with Crippen LogP contribution in [0.1, 0.15) is 11.1 Å². The van der Waals surface area contributed by atoms with Gasteiger partial charge in [0, 0.05) is 12.7 Å². The number of hydrogen-bond acceptors (Lipinski definition) is 6. The molecule has 0 radical (unpaired) electrons. The number of amides is 2. The second-order valence-corrected chi connectivity index (χ2v) is 8.03. The van der Waals surface area contributed by atoms with E-state index < -0.39 is 0 Å². The number of thiocarbonyl (C=S) groups is 1. The summed E-state index contributed by atoms with van der Waals surface area (Å²) in [5.74, 6) is 0.499. The highest BCUT2D eigenvalue weighted by Crippen LogP contribution is 2.34. The smallest absolute Gasteiger partial charge is 0.265 e. The number of benzene rings is 2. The molecule has 1 fully saturated rings. The first-order chi connectivity index (χ1) is 13.9. The summed E-state index contributed by atoms with van der Waals surface area (Å²) in [4.78, 5) is 26.2. The molecular formula is C21H20N2O4S2. The van der Waals surface area contributed by atoms with Crippen LogP contribution in [0.2, 0.25) is 0 Å². The lowest BCUT2D eigenvalue weighted by Gasteiger charge is -2.12. The zero-order chi connectivity index (χ0) is 21.0. The number of methoxy groups -OCH3 is 1. The molecule has 3 rings (SSSR count). The minimum atomic E-state index is -0.272. The predicted octanol–water partition coefficient (Wildman–Crippen LogP) is 3.85. The van der Waals surface area contributed by atoms with E-state index in [0.717, 1.165) is 11.1 Å². The van der Waals surface area contributed by atoms with E-state index in [9.17, 15) is 9.59 Å². The monoisotopic (exact) mass is 428 g/mol. The lowest BCUT2D eigenvalue weighted by molar-refractivity contribution is -0.121. The summed E-state index contributed by atoms with van der Waals surface area (Å²) in [6.07, 6.45) is 1.75. The van der Waals surface area contributed by atoms with Crippen LogP contribution < -0.4 is 14.8 Å². The first kappa shape index (κ1) is 20.9. The van der Waals surface area contributed by atoms with Crippen molar-refractivity contribution in [1.82, 2.24) is 4.90 Å². The van der Waals surface area contributed by atoms with Crippen molar-refractivity contribution in [2.45, 2.75) is 6.92 Å². The molecule has 0 unspecified atom stereocenters. The highest BCUT2D eigenvalue weighted by molar-refractivity contribution is 8.26. The number of nitrogens with zero attached hydrogens (tertiary/aromatic N) is 1.